The highest BCUT2D eigenvalue weighted by Crippen LogP contribution is 2.17. The van der Waals surface area contributed by atoms with Crippen LogP contribution >= 0.6 is 0 Å². The first-order valence-electron chi connectivity index (χ1n) is 6.72. The predicted molar refractivity (Wildman–Crippen MR) is 75.3 cm³/mol. The number of aryl methyl sites for hydroxylation is 2. The maximum atomic E-state index is 4.14. The maximum Gasteiger partial charge on any atom is 0.173 e. The lowest BCUT2D eigenvalue weighted by Gasteiger charge is -2.13. The van der Waals surface area contributed by atoms with Gasteiger partial charge in [0.15, 0.2) is 5.82 Å². The smallest absolute Gasteiger partial charge is 0.173 e. The molecule has 0 fully saturated rings. The van der Waals surface area contributed by atoms with Gasteiger partial charge in [0.2, 0.25) is 0 Å². The first-order chi connectivity index (χ1) is 9.13. The molecule has 1 atom stereocenters. The third-order valence-corrected chi connectivity index (χ3v) is 3.32. The lowest BCUT2D eigenvalue weighted by atomic mass is 10.1. The summed E-state index contributed by atoms with van der Waals surface area (Å²) < 4.78 is 1.81. The molecule has 5 heteroatoms. The first-order valence-corrected chi connectivity index (χ1v) is 6.72. The molecule has 19 heavy (non-hydrogen) atoms. The van der Waals surface area contributed by atoms with Gasteiger partial charge in [-0.1, -0.05) is 13.0 Å². The van der Waals surface area contributed by atoms with Crippen molar-refractivity contribution in [1.29, 1.82) is 0 Å². The highest BCUT2D eigenvalue weighted by Gasteiger charge is 2.15. The Kier molecular flexibility index (Phi) is 4.27. The summed E-state index contributed by atoms with van der Waals surface area (Å²) in [6, 6.07) is 6.40. The lowest BCUT2D eigenvalue weighted by molar-refractivity contribution is 0.531. The Hall–Kier alpha value is -1.75. The molecule has 0 spiro atoms. The summed E-state index contributed by atoms with van der Waals surface area (Å²) in [6.07, 6.45) is 1.09. The molecule has 0 aliphatic heterocycles. The Morgan fingerprint density at radius 3 is 2.74 bits per heavy atom. The molecule has 5 nitrogen and oxygen atoms in total. The van der Waals surface area contributed by atoms with Gasteiger partial charge in [-0.2, -0.15) is 4.68 Å². The highest BCUT2D eigenvalue weighted by atomic mass is 15.5. The van der Waals surface area contributed by atoms with Gasteiger partial charge < -0.3 is 5.32 Å². The van der Waals surface area contributed by atoms with Crippen molar-refractivity contribution < 1.29 is 0 Å². The van der Waals surface area contributed by atoms with E-state index in [1.54, 1.807) is 4.68 Å². The molecule has 0 saturated carbocycles. The molecule has 1 aromatic heterocycles. The molecule has 0 bridgehead atoms. The van der Waals surface area contributed by atoms with Crippen molar-refractivity contribution in [1.82, 2.24) is 25.5 Å². The van der Waals surface area contributed by atoms with Crippen molar-refractivity contribution in [2.45, 2.75) is 40.2 Å². The summed E-state index contributed by atoms with van der Waals surface area (Å²) in [6.45, 7) is 9.39. The van der Waals surface area contributed by atoms with Crippen LogP contribution in [0.3, 0.4) is 0 Å². The standard InChI is InChI=1S/C14H21N5/c1-5-8-15-12(4)14-16-17-18-19(14)13-7-6-10(2)11(3)9-13/h6-7,9,12,15H,5,8H2,1-4H3. The number of nitrogens with one attached hydrogen (secondary N) is 1. The molecular weight excluding hydrogens is 238 g/mol. The monoisotopic (exact) mass is 259 g/mol. The molecule has 1 aromatic carbocycles. The van der Waals surface area contributed by atoms with Gasteiger partial charge in [-0.3, -0.25) is 0 Å². The third kappa shape index (κ3) is 2.98. The summed E-state index contributed by atoms with van der Waals surface area (Å²) in [5.41, 5.74) is 3.52. The molecule has 0 amide bonds. The van der Waals surface area contributed by atoms with Crippen molar-refractivity contribution in [3.8, 4) is 5.69 Å². The van der Waals surface area contributed by atoms with Crippen molar-refractivity contribution in [2.24, 2.45) is 0 Å². The Balaban J connectivity index is 2.30. The van der Waals surface area contributed by atoms with E-state index in [1.807, 2.05) is 0 Å². The van der Waals surface area contributed by atoms with Gasteiger partial charge in [-0.25, -0.2) is 0 Å². The first kappa shape index (κ1) is 13.7. The minimum absolute atomic E-state index is 0.136. The van der Waals surface area contributed by atoms with Crippen LogP contribution in [0.5, 0.6) is 0 Å². The van der Waals surface area contributed by atoms with Gasteiger partial charge in [0.1, 0.15) is 0 Å². The number of aromatic nitrogens is 4. The van der Waals surface area contributed by atoms with E-state index in [0.717, 1.165) is 24.5 Å². The van der Waals surface area contributed by atoms with Crippen LogP contribution in [0, 0.1) is 13.8 Å². The summed E-state index contributed by atoms with van der Waals surface area (Å²) in [5, 5.41) is 15.4. The highest BCUT2D eigenvalue weighted by molar-refractivity contribution is 5.39. The van der Waals surface area contributed by atoms with Gasteiger partial charge in [-0.05, 0) is 67.4 Å². The average Bonchev–Trinajstić information content (AvgIpc) is 2.88. The zero-order valence-corrected chi connectivity index (χ0v) is 12.0. The van der Waals surface area contributed by atoms with E-state index in [2.05, 4.69) is 66.7 Å². The number of hydrogen-bond donors (Lipinski definition) is 1. The number of hydrogen-bond acceptors (Lipinski definition) is 4. The van der Waals surface area contributed by atoms with Crippen LogP contribution in [0.2, 0.25) is 0 Å². The Morgan fingerprint density at radius 1 is 1.26 bits per heavy atom. The van der Waals surface area contributed by atoms with E-state index in [4.69, 9.17) is 0 Å². The SMILES string of the molecule is CCCNC(C)c1nnnn1-c1ccc(C)c(C)c1. The van der Waals surface area contributed by atoms with Crippen molar-refractivity contribution in [3.63, 3.8) is 0 Å². The van der Waals surface area contributed by atoms with Crippen molar-refractivity contribution >= 4 is 0 Å². The second kappa shape index (κ2) is 5.93. The summed E-state index contributed by atoms with van der Waals surface area (Å²) in [5.74, 6) is 0.844. The molecule has 102 valence electrons. The van der Waals surface area contributed by atoms with Crippen LogP contribution in [-0.4, -0.2) is 26.8 Å². The van der Waals surface area contributed by atoms with Crippen LogP contribution in [0.25, 0.3) is 5.69 Å². The molecule has 1 unspecified atom stereocenters. The van der Waals surface area contributed by atoms with Crippen molar-refractivity contribution in [2.75, 3.05) is 6.54 Å². The van der Waals surface area contributed by atoms with Gasteiger partial charge in [0.25, 0.3) is 0 Å². The van der Waals surface area contributed by atoms with Gasteiger partial charge >= 0.3 is 0 Å². The van der Waals surface area contributed by atoms with E-state index in [-0.39, 0.29) is 6.04 Å². The average molecular weight is 259 g/mol. The summed E-state index contributed by atoms with van der Waals surface area (Å²) in [7, 11) is 0. The fourth-order valence-electron chi connectivity index (χ4n) is 1.96. The van der Waals surface area contributed by atoms with E-state index < -0.39 is 0 Å². The molecule has 1 heterocycles. The minimum Gasteiger partial charge on any atom is -0.307 e. The van der Waals surface area contributed by atoms with Crippen LogP contribution in [-0.2, 0) is 0 Å². The Bertz CT molecular complexity index is 547. The largest absolute Gasteiger partial charge is 0.307 e. The molecule has 0 aliphatic rings. The molecule has 0 aliphatic carbocycles. The molecule has 0 radical (unpaired) electrons. The van der Waals surface area contributed by atoms with E-state index >= 15 is 0 Å². The second-order valence-corrected chi connectivity index (χ2v) is 4.89. The van der Waals surface area contributed by atoms with Crippen LogP contribution < -0.4 is 5.32 Å². The third-order valence-electron chi connectivity index (χ3n) is 3.32. The summed E-state index contributed by atoms with van der Waals surface area (Å²) in [4.78, 5) is 0. The van der Waals surface area contributed by atoms with Crippen molar-refractivity contribution in [3.05, 3.63) is 35.2 Å². The Morgan fingerprint density at radius 2 is 2.05 bits per heavy atom. The molecular formula is C14H21N5. The van der Waals surface area contributed by atoms with Crippen LogP contribution in [0.4, 0.5) is 0 Å². The molecule has 2 aromatic rings. The normalized spacial score (nSPS) is 12.6. The second-order valence-electron chi connectivity index (χ2n) is 4.89. The molecule has 0 saturated heterocycles. The van der Waals surface area contributed by atoms with Gasteiger partial charge in [0.05, 0.1) is 11.7 Å². The predicted octanol–water partition coefficient (Wildman–Crippen LogP) is 2.34. The Labute approximate surface area is 114 Å². The topological polar surface area (TPSA) is 55.6 Å². The molecule has 1 N–H and O–H groups in total. The fraction of sp³-hybridized carbons (Fsp3) is 0.500. The van der Waals surface area contributed by atoms with E-state index in [1.165, 1.54) is 11.1 Å². The number of nitrogens with zero attached hydrogens (tertiary/aromatic N) is 4. The zero-order valence-electron chi connectivity index (χ0n) is 12.0. The van der Waals surface area contributed by atoms with Gasteiger partial charge in [0, 0.05) is 0 Å². The minimum atomic E-state index is 0.136. The maximum absolute atomic E-state index is 4.14. The van der Waals surface area contributed by atoms with E-state index in [9.17, 15) is 0 Å². The van der Waals surface area contributed by atoms with Gasteiger partial charge in [-0.15, -0.1) is 5.10 Å². The van der Waals surface area contributed by atoms with Crippen LogP contribution in [0.1, 0.15) is 43.3 Å². The quantitative estimate of drug-likeness (QED) is 0.895. The zero-order chi connectivity index (χ0) is 13.8. The van der Waals surface area contributed by atoms with Crippen LogP contribution in [0.15, 0.2) is 18.2 Å². The summed E-state index contributed by atoms with van der Waals surface area (Å²) >= 11 is 0. The number of tetrazole rings is 1. The number of benzene rings is 1. The fourth-order valence-corrected chi connectivity index (χ4v) is 1.96. The molecule has 2 rings (SSSR count). The van der Waals surface area contributed by atoms with E-state index in [0.29, 0.717) is 0 Å². The lowest BCUT2D eigenvalue weighted by Crippen LogP contribution is -2.22. The number of rotatable bonds is 5.